The normalized spacial score (nSPS) is 23.1. The van der Waals surface area contributed by atoms with E-state index < -0.39 is 41.3 Å². The maximum absolute atomic E-state index is 14.8. The molecule has 4 rings (SSSR count). The van der Waals surface area contributed by atoms with E-state index in [0.717, 1.165) is 18.3 Å². The van der Waals surface area contributed by atoms with E-state index >= 15 is 0 Å². The van der Waals surface area contributed by atoms with Crippen LogP contribution in [0.4, 0.5) is 26.3 Å². The summed E-state index contributed by atoms with van der Waals surface area (Å²) in [5.41, 5.74) is -3.96. The molecule has 3 heterocycles. The number of nitrogens with one attached hydrogen (secondary N) is 1. The number of hydrogen-bond acceptors (Lipinski definition) is 5. The fourth-order valence-electron chi connectivity index (χ4n) is 4.85. The molecular weight excluding hydrogens is 490 g/mol. The van der Waals surface area contributed by atoms with Gasteiger partial charge in [-0.05, 0) is 45.7 Å². The molecule has 6 nitrogen and oxygen atoms in total. The fourth-order valence-corrected chi connectivity index (χ4v) is 4.85. The molecule has 12 heteroatoms. The molecule has 3 unspecified atom stereocenters. The Hall–Kier alpha value is -2.86. The van der Waals surface area contributed by atoms with Gasteiger partial charge in [0.05, 0.1) is 28.5 Å². The van der Waals surface area contributed by atoms with Crippen LogP contribution in [-0.2, 0) is 11.8 Å². The number of halogens is 6. The van der Waals surface area contributed by atoms with Gasteiger partial charge in [0.15, 0.2) is 5.82 Å². The Morgan fingerprint density at radius 1 is 1.22 bits per heavy atom. The summed E-state index contributed by atoms with van der Waals surface area (Å²) in [5, 5.41) is 14.4. The Labute approximate surface area is 203 Å². The van der Waals surface area contributed by atoms with Crippen molar-refractivity contribution in [3.8, 4) is 5.75 Å². The zero-order chi connectivity index (χ0) is 26.4. The Morgan fingerprint density at radius 2 is 1.94 bits per heavy atom. The lowest BCUT2D eigenvalue weighted by Gasteiger charge is -2.41. The van der Waals surface area contributed by atoms with Gasteiger partial charge < -0.3 is 19.7 Å². The third-order valence-electron chi connectivity index (χ3n) is 6.33. The fraction of sp³-hybridized carbons (Fsp3) is 0.500. The number of benzene rings is 1. The molecule has 0 spiro atoms. The van der Waals surface area contributed by atoms with E-state index in [4.69, 9.17) is 4.74 Å². The lowest BCUT2D eigenvalue weighted by atomic mass is 9.79. The van der Waals surface area contributed by atoms with E-state index in [-0.39, 0.29) is 53.9 Å². The number of ether oxygens (including phenoxy) is 1. The van der Waals surface area contributed by atoms with Crippen LogP contribution in [0.3, 0.4) is 0 Å². The first kappa shape index (κ1) is 26.2. The highest BCUT2D eigenvalue weighted by atomic mass is 19.4. The first-order valence-corrected chi connectivity index (χ1v) is 11.4. The van der Waals surface area contributed by atoms with Crippen LogP contribution >= 0.6 is 0 Å². The molecule has 2 aromatic heterocycles. The quantitative estimate of drug-likeness (QED) is 0.423. The van der Waals surface area contributed by atoms with Gasteiger partial charge in [-0.15, -0.1) is 0 Å². The first-order valence-electron chi connectivity index (χ1n) is 11.4. The molecule has 0 aliphatic carbocycles. The number of pyridine rings is 1. The maximum Gasteiger partial charge on any atom is 0.418 e. The van der Waals surface area contributed by atoms with Gasteiger partial charge >= 0.3 is 6.18 Å². The smallest absolute Gasteiger partial charge is 0.418 e. The van der Waals surface area contributed by atoms with Crippen LogP contribution in [-0.4, -0.2) is 38.3 Å². The zero-order valence-corrected chi connectivity index (χ0v) is 19.8. The van der Waals surface area contributed by atoms with Gasteiger partial charge in [0.25, 0.3) is 6.43 Å². The number of aliphatic hydroxyl groups is 1. The van der Waals surface area contributed by atoms with Crippen molar-refractivity contribution in [2.45, 2.75) is 69.9 Å². The molecule has 3 aromatic rings. The van der Waals surface area contributed by atoms with Gasteiger partial charge in [0.1, 0.15) is 18.1 Å². The minimum absolute atomic E-state index is 0.0317. The van der Waals surface area contributed by atoms with E-state index in [1.165, 1.54) is 17.0 Å². The first-order chi connectivity index (χ1) is 16.8. The topological polar surface area (TPSA) is 72.2 Å². The summed E-state index contributed by atoms with van der Waals surface area (Å²) in [7, 11) is 0. The van der Waals surface area contributed by atoms with Crippen molar-refractivity contribution < 1.29 is 36.2 Å². The molecular formula is C24H26F6N4O2. The summed E-state index contributed by atoms with van der Waals surface area (Å²) in [4.78, 5) is 7.46. The number of hydrogen-bond donors (Lipinski definition) is 2. The van der Waals surface area contributed by atoms with Crippen molar-refractivity contribution in [2.75, 3.05) is 6.61 Å². The summed E-state index contributed by atoms with van der Waals surface area (Å²) < 4.78 is 89.7. The molecule has 0 radical (unpaired) electrons. The van der Waals surface area contributed by atoms with Crippen LogP contribution in [0.15, 0.2) is 30.7 Å². The molecule has 36 heavy (non-hydrogen) atoms. The van der Waals surface area contributed by atoms with Gasteiger partial charge in [-0.25, -0.2) is 18.2 Å². The Morgan fingerprint density at radius 3 is 2.58 bits per heavy atom. The van der Waals surface area contributed by atoms with Crippen molar-refractivity contribution >= 4 is 11.0 Å². The zero-order valence-electron chi connectivity index (χ0n) is 19.8. The summed E-state index contributed by atoms with van der Waals surface area (Å²) in [6, 6.07) is 2.24. The van der Waals surface area contributed by atoms with Crippen LogP contribution in [0.2, 0.25) is 0 Å². The standard InChI is InChI=1S/C24H26F6N4O2/c1-12(2)34-11-32-18-7-15(6-17(21(18)34)24(28,29)30)36-10-14-9-23(35,8-13(3)33-14)16-4-5-31-20(19(16)25)22(26)27/h4-7,11-14,22,33,35H,8-10H2,1-3H3. The highest BCUT2D eigenvalue weighted by molar-refractivity contribution is 5.81. The maximum atomic E-state index is 14.8. The summed E-state index contributed by atoms with van der Waals surface area (Å²) in [6.45, 7) is 5.06. The number of nitrogens with zero attached hydrogens (tertiary/aromatic N) is 3. The van der Waals surface area contributed by atoms with Crippen molar-refractivity contribution in [3.63, 3.8) is 0 Å². The number of imidazole rings is 1. The Kier molecular flexibility index (Phi) is 6.95. The van der Waals surface area contributed by atoms with Crippen LogP contribution in [0.5, 0.6) is 5.75 Å². The minimum Gasteiger partial charge on any atom is -0.492 e. The monoisotopic (exact) mass is 516 g/mol. The van der Waals surface area contributed by atoms with Crippen LogP contribution < -0.4 is 10.1 Å². The number of aromatic nitrogens is 3. The van der Waals surface area contributed by atoms with E-state index in [2.05, 4.69) is 15.3 Å². The number of rotatable bonds is 6. The molecule has 0 bridgehead atoms. The van der Waals surface area contributed by atoms with Gasteiger partial charge in [-0.1, -0.05) is 0 Å². The van der Waals surface area contributed by atoms with E-state index in [9.17, 15) is 31.4 Å². The average molecular weight is 516 g/mol. The van der Waals surface area contributed by atoms with Crippen LogP contribution in [0.25, 0.3) is 11.0 Å². The largest absolute Gasteiger partial charge is 0.492 e. The number of piperidine rings is 1. The molecule has 1 saturated heterocycles. The highest BCUT2D eigenvalue weighted by Gasteiger charge is 2.42. The molecule has 2 N–H and O–H groups in total. The molecule has 1 aromatic carbocycles. The van der Waals surface area contributed by atoms with Gasteiger partial charge in [-0.3, -0.25) is 4.98 Å². The van der Waals surface area contributed by atoms with Gasteiger partial charge in [0.2, 0.25) is 0 Å². The minimum atomic E-state index is -4.65. The Balaban J connectivity index is 1.59. The summed E-state index contributed by atoms with van der Waals surface area (Å²) in [6.07, 6.45) is -5.52. The van der Waals surface area contributed by atoms with E-state index in [1.807, 2.05) is 0 Å². The highest BCUT2D eigenvalue weighted by Crippen LogP contribution is 2.40. The number of alkyl halides is 5. The molecule has 1 aliphatic rings. The second-order valence-corrected chi connectivity index (χ2v) is 9.46. The molecule has 1 aliphatic heterocycles. The average Bonchev–Trinajstić information content (AvgIpc) is 3.20. The lowest BCUT2D eigenvalue weighted by molar-refractivity contribution is -0.136. The Bertz CT molecular complexity index is 1250. The lowest BCUT2D eigenvalue weighted by Crippen LogP contribution is -2.53. The molecule has 0 saturated carbocycles. The summed E-state index contributed by atoms with van der Waals surface area (Å²) in [5.74, 6) is -1.34. The molecule has 196 valence electrons. The second kappa shape index (κ2) is 9.55. The molecule has 0 amide bonds. The van der Waals surface area contributed by atoms with Crippen LogP contribution in [0.1, 0.15) is 62.9 Å². The predicted octanol–water partition coefficient (Wildman–Crippen LogP) is 5.51. The van der Waals surface area contributed by atoms with Gasteiger partial charge in [-0.2, -0.15) is 13.2 Å². The third-order valence-corrected chi connectivity index (χ3v) is 6.33. The van der Waals surface area contributed by atoms with Crippen LogP contribution in [0, 0.1) is 5.82 Å². The van der Waals surface area contributed by atoms with E-state index in [0.29, 0.717) is 0 Å². The second-order valence-electron chi connectivity index (χ2n) is 9.46. The van der Waals surface area contributed by atoms with Crippen molar-refractivity contribution in [1.82, 2.24) is 19.9 Å². The molecule has 3 atom stereocenters. The summed E-state index contributed by atoms with van der Waals surface area (Å²) >= 11 is 0. The number of fused-ring (bicyclic) bond motifs is 1. The van der Waals surface area contributed by atoms with Gasteiger partial charge in [0, 0.05) is 36.0 Å². The predicted molar refractivity (Wildman–Crippen MR) is 119 cm³/mol. The van der Waals surface area contributed by atoms with Crippen molar-refractivity contribution in [2.24, 2.45) is 0 Å². The van der Waals surface area contributed by atoms with E-state index in [1.54, 1.807) is 20.8 Å². The van der Waals surface area contributed by atoms with Crippen molar-refractivity contribution in [1.29, 1.82) is 0 Å². The third kappa shape index (κ3) is 5.01. The molecule has 1 fully saturated rings. The van der Waals surface area contributed by atoms with Crippen molar-refractivity contribution in [3.05, 3.63) is 53.4 Å². The SMILES string of the molecule is CC1CC(O)(c2ccnc(C(F)F)c2F)CC(COc2cc(C(F)(F)F)c3c(c2)ncn3C(C)C)N1.